The standard InChI is InChI=1S/C19H23ClN2O4/c20-14-3-1-13(2-4-14)16-11-21(15-5-8-25-9-6-15)12-17(16)18(23)22-7-10-26-19(22)24/h1-4,15-17H,5-12H2. The second-order valence-corrected chi connectivity index (χ2v) is 7.60. The predicted molar refractivity (Wildman–Crippen MR) is 96.2 cm³/mol. The quantitative estimate of drug-likeness (QED) is 0.808. The molecule has 1 aromatic carbocycles. The van der Waals surface area contributed by atoms with Crippen LogP contribution >= 0.6 is 11.6 Å². The minimum absolute atomic E-state index is 0.0519. The number of carbonyl (C=O) groups is 2. The summed E-state index contributed by atoms with van der Waals surface area (Å²) in [5, 5.41) is 0.680. The van der Waals surface area contributed by atoms with Gasteiger partial charge in [0.05, 0.1) is 12.5 Å². The van der Waals surface area contributed by atoms with Gasteiger partial charge in [0.1, 0.15) is 6.61 Å². The number of cyclic esters (lactones) is 1. The third kappa shape index (κ3) is 3.46. The smallest absolute Gasteiger partial charge is 0.416 e. The Morgan fingerprint density at radius 1 is 1.08 bits per heavy atom. The van der Waals surface area contributed by atoms with Crippen molar-refractivity contribution in [2.75, 3.05) is 39.5 Å². The fourth-order valence-electron chi connectivity index (χ4n) is 4.27. The molecule has 0 N–H and O–H groups in total. The van der Waals surface area contributed by atoms with Crippen molar-refractivity contribution in [3.63, 3.8) is 0 Å². The van der Waals surface area contributed by atoms with Crippen molar-refractivity contribution in [3.05, 3.63) is 34.9 Å². The van der Waals surface area contributed by atoms with E-state index in [1.807, 2.05) is 24.3 Å². The maximum Gasteiger partial charge on any atom is 0.416 e. The molecule has 6 nitrogen and oxygen atoms in total. The number of hydrogen-bond acceptors (Lipinski definition) is 5. The van der Waals surface area contributed by atoms with Crippen molar-refractivity contribution in [2.24, 2.45) is 5.92 Å². The highest BCUT2D eigenvalue weighted by Gasteiger charge is 2.44. The molecule has 0 spiro atoms. The van der Waals surface area contributed by atoms with Crippen LogP contribution in [0.25, 0.3) is 0 Å². The normalized spacial score (nSPS) is 27.7. The van der Waals surface area contributed by atoms with Crippen LogP contribution in [0.2, 0.25) is 5.02 Å². The minimum atomic E-state index is -0.519. The lowest BCUT2D eigenvalue weighted by atomic mass is 9.88. The molecule has 0 aromatic heterocycles. The van der Waals surface area contributed by atoms with E-state index < -0.39 is 6.09 Å². The minimum Gasteiger partial charge on any atom is -0.447 e. The molecule has 140 valence electrons. The van der Waals surface area contributed by atoms with E-state index in [9.17, 15) is 9.59 Å². The first-order chi connectivity index (χ1) is 12.6. The molecule has 7 heteroatoms. The van der Waals surface area contributed by atoms with Crippen molar-refractivity contribution in [1.82, 2.24) is 9.80 Å². The summed E-state index contributed by atoms with van der Waals surface area (Å²) in [7, 11) is 0. The van der Waals surface area contributed by atoms with Gasteiger partial charge in [-0.15, -0.1) is 0 Å². The van der Waals surface area contributed by atoms with Crippen LogP contribution < -0.4 is 0 Å². The van der Waals surface area contributed by atoms with E-state index in [0.29, 0.717) is 24.2 Å². The number of rotatable bonds is 3. The van der Waals surface area contributed by atoms with Crippen molar-refractivity contribution in [1.29, 1.82) is 0 Å². The molecule has 26 heavy (non-hydrogen) atoms. The zero-order chi connectivity index (χ0) is 18.1. The van der Waals surface area contributed by atoms with Crippen molar-refractivity contribution >= 4 is 23.6 Å². The van der Waals surface area contributed by atoms with Crippen LogP contribution in [0.4, 0.5) is 4.79 Å². The monoisotopic (exact) mass is 378 g/mol. The average molecular weight is 379 g/mol. The molecule has 3 aliphatic rings. The first kappa shape index (κ1) is 17.8. The Balaban J connectivity index is 1.58. The van der Waals surface area contributed by atoms with Gasteiger partial charge < -0.3 is 9.47 Å². The molecule has 0 saturated carbocycles. The van der Waals surface area contributed by atoms with Gasteiger partial charge in [0.15, 0.2) is 0 Å². The molecule has 4 rings (SSSR count). The summed E-state index contributed by atoms with van der Waals surface area (Å²) in [5.41, 5.74) is 1.09. The van der Waals surface area contributed by atoms with Crippen molar-refractivity contribution in [2.45, 2.75) is 24.8 Å². The average Bonchev–Trinajstić information content (AvgIpc) is 3.29. The Hall–Kier alpha value is -1.63. The molecule has 3 aliphatic heterocycles. The molecule has 2 atom stereocenters. The topological polar surface area (TPSA) is 59.1 Å². The number of carbonyl (C=O) groups excluding carboxylic acids is 2. The number of ether oxygens (including phenoxy) is 2. The first-order valence-electron chi connectivity index (χ1n) is 9.19. The molecule has 3 fully saturated rings. The molecular weight excluding hydrogens is 356 g/mol. The summed E-state index contributed by atoms with van der Waals surface area (Å²) in [6.45, 7) is 3.64. The number of nitrogens with zero attached hydrogens (tertiary/aromatic N) is 2. The highest BCUT2D eigenvalue weighted by Crippen LogP contribution is 2.37. The van der Waals surface area contributed by atoms with Gasteiger partial charge in [-0.25, -0.2) is 9.69 Å². The summed E-state index contributed by atoms with van der Waals surface area (Å²) in [6, 6.07) is 8.13. The van der Waals surface area contributed by atoms with E-state index in [-0.39, 0.29) is 24.3 Å². The van der Waals surface area contributed by atoms with Crippen LogP contribution in [0.15, 0.2) is 24.3 Å². The van der Waals surface area contributed by atoms with Gasteiger partial charge >= 0.3 is 6.09 Å². The molecule has 0 bridgehead atoms. The van der Waals surface area contributed by atoms with Crippen LogP contribution in [-0.2, 0) is 14.3 Å². The highest BCUT2D eigenvalue weighted by molar-refractivity contribution is 6.30. The van der Waals surface area contributed by atoms with Crippen LogP contribution in [0.1, 0.15) is 24.3 Å². The van der Waals surface area contributed by atoms with Gasteiger partial charge in [0, 0.05) is 43.3 Å². The van der Waals surface area contributed by atoms with Gasteiger partial charge in [-0.05, 0) is 30.5 Å². The Morgan fingerprint density at radius 3 is 2.46 bits per heavy atom. The van der Waals surface area contributed by atoms with E-state index in [1.54, 1.807) is 0 Å². The molecule has 3 saturated heterocycles. The van der Waals surface area contributed by atoms with E-state index in [0.717, 1.165) is 38.2 Å². The zero-order valence-electron chi connectivity index (χ0n) is 14.6. The number of amides is 2. The van der Waals surface area contributed by atoms with Crippen LogP contribution in [0, 0.1) is 5.92 Å². The van der Waals surface area contributed by atoms with E-state index in [2.05, 4.69) is 4.90 Å². The SMILES string of the molecule is O=C1OCCN1C(=O)C1CN(C2CCOCC2)CC1c1ccc(Cl)cc1. The van der Waals surface area contributed by atoms with E-state index in [1.165, 1.54) is 4.90 Å². The fraction of sp³-hybridized carbons (Fsp3) is 0.579. The summed E-state index contributed by atoms with van der Waals surface area (Å²) in [4.78, 5) is 28.6. The number of hydrogen-bond donors (Lipinski definition) is 0. The lowest BCUT2D eigenvalue weighted by molar-refractivity contribution is -0.132. The Kier molecular flexibility index (Phi) is 5.16. The molecule has 2 unspecified atom stereocenters. The highest BCUT2D eigenvalue weighted by atomic mass is 35.5. The third-order valence-corrected chi connectivity index (χ3v) is 5.95. The Morgan fingerprint density at radius 2 is 1.81 bits per heavy atom. The Labute approximate surface area is 158 Å². The molecule has 0 radical (unpaired) electrons. The number of likely N-dealkylation sites (tertiary alicyclic amines) is 1. The first-order valence-corrected chi connectivity index (χ1v) is 9.56. The van der Waals surface area contributed by atoms with Crippen molar-refractivity contribution in [3.8, 4) is 0 Å². The molecule has 3 heterocycles. The van der Waals surface area contributed by atoms with Gasteiger partial charge in [0.2, 0.25) is 5.91 Å². The van der Waals surface area contributed by atoms with Gasteiger partial charge in [-0.2, -0.15) is 0 Å². The van der Waals surface area contributed by atoms with Crippen molar-refractivity contribution < 1.29 is 19.1 Å². The molecule has 2 amide bonds. The molecule has 1 aromatic rings. The summed E-state index contributed by atoms with van der Waals surface area (Å²) < 4.78 is 10.4. The summed E-state index contributed by atoms with van der Waals surface area (Å²) in [5.74, 6) is -0.317. The fourth-order valence-corrected chi connectivity index (χ4v) is 4.40. The van der Waals surface area contributed by atoms with Gasteiger partial charge in [-0.1, -0.05) is 23.7 Å². The van der Waals surface area contributed by atoms with Crippen LogP contribution in [0.5, 0.6) is 0 Å². The summed E-state index contributed by atoms with van der Waals surface area (Å²) >= 11 is 6.03. The second kappa shape index (κ2) is 7.55. The van der Waals surface area contributed by atoms with E-state index >= 15 is 0 Å². The second-order valence-electron chi connectivity index (χ2n) is 7.17. The van der Waals surface area contributed by atoms with E-state index in [4.69, 9.17) is 21.1 Å². The van der Waals surface area contributed by atoms with Crippen LogP contribution in [-0.4, -0.2) is 67.3 Å². The van der Waals surface area contributed by atoms with Crippen LogP contribution in [0.3, 0.4) is 0 Å². The van der Waals surface area contributed by atoms with Gasteiger partial charge in [0.25, 0.3) is 0 Å². The lowest BCUT2D eigenvalue weighted by Crippen LogP contribution is -2.41. The maximum atomic E-state index is 13.1. The maximum absolute atomic E-state index is 13.1. The molecular formula is C19H23ClN2O4. The predicted octanol–water partition coefficient (Wildman–Crippen LogP) is 2.51. The lowest BCUT2D eigenvalue weighted by Gasteiger charge is -2.31. The summed E-state index contributed by atoms with van der Waals surface area (Å²) in [6.07, 6.45) is 1.45. The third-order valence-electron chi connectivity index (χ3n) is 5.70. The number of halogens is 1. The molecule has 0 aliphatic carbocycles. The largest absolute Gasteiger partial charge is 0.447 e. The number of imide groups is 1. The Bertz CT molecular complexity index is 675. The van der Waals surface area contributed by atoms with Gasteiger partial charge in [-0.3, -0.25) is 9.69 Å². The number of benzene rings is 1. The zero-order valence-corrected chi connectivity index (χ0v) is 15.4.